The maximum atomic E-state index is 12.4. The molecule has 3 N–H and O–H groups in total. The standard InChI is InChI=1S/C26H30N2O7/c1-33-23(24(29)28-13-17-12-16(14-34-17)25(30)31)10-11-27-26(32)35-15-22-20-8-4-2-6-18(20)19-7-3-5-9-21(19)22/h2-9,16-17,22-23H,10-15H2,1H3,(H,27,32)(H,28,29)(H,30,31)/t16-,17-,23?/m1/s1. The normalized spacial score (nSPS) is 19.5. The van der Waals surface area contributed by atoms with Crippen molar-refractivity contribution in [2.45, 2.75) is 31.0 Å². The van der Waals surface area contributed by atoms with Crippen LogP contribution in [-0.4, -0.2) is 68.7 Å². The maximum Gasteiger partial charge on any atom is 0.407 e. The van der Waals surface area contributed by atoms with Gasteiger partial charge in [0, 0.05) is 32.5 Å². The molecular formula is C26H30N2O7. The summed E-state index contributed by atoms with van der Waals surface area (Å²) in [5, 5.41) is 14.4. The first-order valence-corrected chi connectivity index (χ1v) is 11.7. The number of methoxy groups -OCH3 is 1. The van der Waals surface area contributed by atoms with Gasteiger partial charge in [-0.3, -0.25) is 9.59 Å². The quantitative estimate of drug-likeness (QED) is 0.476. The Balaban J connectivity index is 1.20. The van der Waals surface area contributed by atoms with E-state index in [-0.39, 0.29) is 50.7 Å². The Morgan fingerprint density at radius 3 is 2.31 bits per heavy atom. The van der Waals surface area contributed by atoms with Gasteiger partial charge >= 0.3 is 12.1 Å². The predicted octanol–water partition coefficient (Wildman–Crippen LogP) is 2.54. The topological polar surface area (TPSA) is 123 Å². The zero-order valence-corrected chi connectivity index (χ0v) is 19.6. The predicted molar refractivity (Wildman–Crippen MR) is 127 cm³/mol. The van der Waals surface area contributed by atoms with Crippen LogP contribution in [0, 0.1) is 5.92 Å². The first-order chi connectivity index (χ1) is 17.0. The summed E-state index contributed by atoms with van der Waals surface area (Å²) in [6, 6.07) is 16.2. The second-order valence-electron chi connectivity index (χ2n) is 8.74. The minimum absolute atomic E-state index is 0.0239. The number of nitrogens with one attached hydrogen (secondary N) is 2. The molecule has 1 aliphatic heterocycles. The highest BCUT2D eigenvalue weighted by atomic mass is 16.5. The number of rotatable bonds is 10. The summed E-state index contributed by atoms with van der Waals surface area (Å²) in [4.78, 5) is 35.7. The number of carboxylic acids is 1. The molecule has 0 saturated carbocycles. The average molecular weight is 483 g/mol. The SMILES string of the molecule is COC(CCNC(=O)OCC1c2ccccc2-c2ccccc21)C(=O)NC[C@H]1C[C@@H](C(=O)O)CO1. The molecule has 4 rings (SSSR count). The molecule has 186 valence electrons. The molecule has 2 aliphatic rings. The minimum Gasteiger partial charge on any atom is -0.481 e. The summed E-state index contributed by atoms with van der Waals surface area (Å²) in [5.41, 5.74) is 4.59. The lowest BCUT2D eigenvalue weighted by atomic mass is 9.98. The van der Waals surface area contributed by atoms with Crippen molar-refractivity contribution in [3.63, 3.8) is 0 Å². The van der Waals surface area contributed by atoms with Crippen LogP contribution in [-0.2, 0) is 23.8 Å². The number of carboxylic acid groups (broad SMARTS) is 1. The summed E-state index contributed by atoms with van der Waals surface area (Å²) in [6.07, 6.45) is -1.04. The van der Waals surface area contributed by atoms with E-state index in [9.17, 15) is 14.4 Å². The molecule has 1 fully saturated rings. The molecular weight excluding hydrogens is 452 g/mol. The third-order valence-electron chi connectivity index (χ3n) is 6.53. The van der Waals surface area contributed by atoms with E-state index in [1.54, 1.807) is 0 Å². The number of ether oxygens (including phenoxy) is 3. The van der Waals surface area contributed by atoms with Crippen LogP contribution in [0.15, 0.2) is 48.5 Å². The third kappa shape index (κ3) is 5.80. The lowest BCUT2D eigenvalue weighted by Gasteiger charge is -2.18. The molecule has 2 amide bonds. The van der Waals surface area contributed by atoms with Crippen molar-refractivity contribution in [1.82, 2.24) is 10.6 Å². The van der Waals surface area contributed by atoms with E-state index in [0.29, 0.717) is 6.42 Å². The molecule has 0 bridgehead atoms. The Morgan fingerprint density at radius 2 is 1.71 bits per heavy atom. The molecule has 1 unspecified atom stereocenters. The number of carbonyl (C=O) groups excluding carboxylic acids is 2. The third-order valence-corrected chi connectivity index (χ3v) is 6.53. The van der Waals surface area contributed by atoms with Gasteiger partial charge in [0.1, 0.15) is 12.7 Å². The number of carbonyl (C=O) groups is 3. The van der Waals surface area contributed by atoms with E-state index in [1.807, 2.05) is 24.3 Å². The van der Waals surface area contributed by atoms with Crippen molar-refractivity contribution in [2.75, 3.05) is 33.4 Å². The van der Waals surface area contributed by atoms with Gasteiger partial charge in [-0.05, 0) is 28.7 Å². The second-order valence-corrected chi connectivity index (χ2v) is 8.74. The van der Waals surface area contributed by atoms with Crippen LogP contribution in [0.1, 0.15) is 29.9 Å². The Kier molecular flexibility index (Phi) is 7.99. The maximum absolute atomic E-state index is 12.4. The van der Waals surface area contributed by atoms with E-state index in [1.165, 1.54) is 7.11 Å². The molecule has 2 aromatic carbocycles. The molecule has 1 aliphatic carbocycles. The monoisotopic (exact) mass is 482 g/mol. The highest BCUT2D eigenvalue weighted by molar-refractivity contribution is 5.81. The highest BCUT2D eigenvalue weighted by Gasteiger charge is 2.31. The van der Waals surface area contributed by atoms with Crippen molar-refractivity contribution in [3.05, 3.63) is 59.7 Å². The first-order valence-electron chi connectivity index (χ1n) is 11.7. The van der Waals surface area contributed by atoms with Gasteiger partial charge in [-0.2, -0.15) is 0 Å². The fraction of sp³-hybridized carbons (Fsp3) is 0.423. The highest BCUT2D eigenvalue weighted by Crippen LogP contribution is 2.44. The van der Waals surface area contributed by atoms with E-state index in [4.69, 9.17) is 19.3 Å². The molecule has 9 heteroatoms. The average Bonchev–Trinajstić information content (AvgIpc) is 3.47. The molecule has 1 saturated heterocycles. The van der Waals surface area contributed by atoms with Gasteiger partial charge < -0.3 is 30.0 Å². The van der Waals surface area contributed by atoms with Crippen LogP contribution in [0.3, 0.4) is 0 Å². The fourth-order valence-electron chi connectivity index (χ4n) is 4.66. The smallest absolute Gasteiger partial charge is 0.407 e. The van der Waals surface area contributed by atoms with Gasteiger partial charge in [0.2, 0.25) is 5.91 Å². The Hall–Kier alpha value is -3.43. The van der Waals surface area contributed by atoms with Gasteiger partial charge in [-0.1, -0.05) is 48.5 Å². The molecule has 2 aromatic rings. The van der Waals surface area contributed by atoms with Gasteiger partial charge in [0.25, 0.3) is 0 Å². The van der Waals surface area contributed by atoms with Crippen LogP contribution in [0.25, 0.3) is 11.1 Å². The summed E-state index contributed by atoms with van der Waals surface area (Å²) >= 11 is 0. The number of alkyl carbamates (subject to hydrolysis) is 1. The van der Waals surface area contributed by atoms with Crippen molar-refractivity contribution in [2.24, 2.45) is 5.92 Å². The van der Waals surface area contributed by atoms with Crippen LogP contribution >= 0.6 is 0 Å². The van der Waals surface area contributed by atoms with E-state index < -0.39 is 24.1 Å². The number of benzene rings is 2. The molecule has 0 radical (unpaired) electrons. The number of fused-ring (bicyclic) bond motifs is 3. The largest absolute Gasteiger partial charge is 0.481 e. The van der Waals surface area contributed by atoms with Crippen molar-refractivity contribution < 1.29 is 33.7 Å². The van der Waals surface area contributed by atoms with Crippen molar-refractivity contribution in [1.29, 1.82) is 0 Å². The molecule has 0 spiro atoms. The number of hydrogen-bond acceptors (Lipinski definition) is 6. The molecule has 9 nitrogen and oxygen atoms in total. The summed E-state index contributed by atoms with van der Waals surface area (Å²) in [6.45, 7) is 0.770. The van der Waals surface area contributed by atoms with E-state index in [0.717, 1.165) is 22.3 Å². The van der Waals surface area contributed by atoms with E-state index in [2.05, 4.69) is 34.9 Å². The molecule has 3 atom stereocenters. The molecule has 35 heavy (non-hydrogen) atoms. The Morgan fingerprint density at radius 1 is 1.06 bits per heavy atom. The van der Waals surface area contributed by atoms with Gasteiger partial charge in [0.15, 0.2) is 0 Å². The zero-order valence-electron chi connectivity index (χ0n) is 19.6. The van der Waals surface area contributed by atoms with Crippen LogP contribution in [0.4, 0.5) is 4.79 Å². The minimum atomic E-state index is -0.895. The molecule has 1 heterocycles. The van der Waals surface area contributed by atoms with Gasteiger partial charge in [-0.15, -0.1) is 0 Å². The number of aliphatic carboxylic acids is 1. The lowest BCUT2D eigenvalue weighted by Crippen LogP contribution is -2.41. The summed E-state index contributed by atoms with van der Waals surface area (Å²) in [5.74, 6) is -1.81. The zero-order chi connectivity index (χ0) is 24.8. The Bertz CT molecular complexity index is 1030. The number of amides is 2. The first kappa shape index (κ1) is 24.7. The Labute approximate surface area is 203 Å². The van der Waals surface area contributed by atoms with Crippen LogP contribution in [0.2, 0.25) is 0 Å². The molecule has 0 aromatic heterocycles. The summed E-state index contributed by atoms with van der Waals surface area (Å²) in [7, 11) is 1.42. The fourth-order valence-corrected chi connectivity index (χ4v) is 4.66. The van der Waals surface area contributed by atoms with Crippen LogP contribution in [0.5, 0.6) is 0 Å². The lowest BCUT2D eigenvalue weighted by molar-refractivity contribution is -0.141. The van der Waals surface area contributed by atoms with Gasteiger partial charge in [-0.25, -0.2) is 4.79 Å². The van der Waals surface area contributed by atoms with Crippen molar-refractivity contribution in [3.8, 4) is 11.1 Å². The van der Waals surface area contributed by atoms with Crippen molar-refractivity contribution >= 4 is 18.0 Å². The summed E-state index contributed by atoms with van der Waals surface area (Å²) < 4.78 is 16.2. The van der Waals surface area contributed by atoms with Gasteiger partial charge in [0.05, 0.1) is 18.6 Å². The van der Waals surface area contributed by atoms with E-state index >= 15 is 0 Å². The second kappa shape index (κ2) is 11.3. The van der Waals surface area contributed by atoms with Crippen LogP contribution < -0.4 is 10.6 Å². The number of hydrogen-bond donors (Lipinski definition) is 3.